The van der Waals surface area contributed by atoms with Gasteiger partial charge in [-0.25, -0.2) is 0 Å². The van der Waals surface area contributed by atoms with Gasteiger partial charge in [-0.2, -0.15) is 0 Å². The smallest absolute Gasteiger partial charge is 0.305 e. The first-order valence-corrected chi connectivity index (χ1v) is 13.9. The molecule has 0 bridgehead atoms. The Kier molecular flexibility index (Phi) is 23.8. The van der Waals surface area contributed by atoms with E-state index in [1.807, 2.05) is 0 Å². The summed E-state index contributed by atoms with van der Waals surface area (Å²) in [6, 6.07) is 0. The summed E-state index contributed by atoms with van der Waals surface area (Å²) in [5.74, 6) is 0.311. The molecule has 0 radical (unpaired) electrons. The van der Waals surface area contributed by atoms with Crippen molar-refractivity contribution < 1.29 is 19.1 Å². The molecule has 0 aromatic carbocycles. The predicted molar refractivity (Wildman–Crippen MR) is 135 cm³/mol. The maximum absolute atomic E-state index is 11.8. The summed E-state index contributed by atoms with van der Waals surface area (Å²) < 4.78 is 10.5. The highest BCUT2D eigenvalue weighted by molar-refractivity contribution is 5.70. The molecular weight excluding hydrogens is 400 g/mol. The molecule has 0 saturated carbocycles. The Morgan fingerprint density at radius 3 is 1.41 bits per heavy atom. The normalized spacial score (nSPS) is 12.0. The van der Waals surface area contributed by atoms with Gasteiger partial charge >= 0.3 is 11.9 Å². The summed E-state index contributed by atoms with van der Waals surface area (Å²) >= 11 is 0. The molecule has 190 valence electrons. The van der Waals surface area contributed by atoms with Crippen molar-refractivity contribution in [2.75, 3.05) is 13.2 Å². The van der Waals surface area contributed by atoms with Crippen molar-refractivity contribution >= 4 is 11.9 Å². The Morgan fingerprint density at radius 1 is 0.562 bits per heavy atom. The minimum atomic E-state index is -0.149. The van der Waals surface area contributed by atoms with Crippen LogP contribution in [-0.2, 0) is 19.1 Å². The highest BCUT2D eigenvalue weighted by atomic mass is 16.5. The lowest BCUT2D eigenvalue weighted by molar-refractivity contribution is -0.146. The lowest BCUT2D eigenvalue weighted by Gasteiger charge is -2.09. The van der Waals surface area contributed by atoms with E-state index in [4.69, 9.17) is 9.47 Å². The van der Waals surface area contributed by atoms with Crippen LogP contribution in [-0.4, -0.2) is 25.2 Å². The second-order valence-corrected chi connectivity index (χ2v) is 9.55. The average Bonchev–Trinajstić information content (AvgIpc) is 2.79. The molecule has 32 heavy (non-hydrogen) atoms. The first-order valence-electron chi connectivity index (χ1n) is 13.9. The first kappa shape index (κ1) is 30.9. The Balaban J connectivity index is 3.27. The van der Waals surface area contributed by atoms with Crippen LogP contribution >= 0.6 is 0 Å². The maximum Gasteiger partial charge on any atom is 0.305 e. The molecule has 0 aliphatic heterocycles. The second kappa shape index (κ2) is 24.6. The Morgan fingerprint density at radius 2 is 0.969 bits per heavy atom. The number of hydrogen-bond acceptors (Lipinski definition) is 4. The van der Waals surface area contributed by atoms with Gasteiger partial charge in [-0.3, -0.25) is 9.59 Å². The van der Waals surface area contributed by atoms with Gasteiger partial charge in [-0.15, -0.1) is 0 Å². The topological polar surface area (TPSA) is 52.6 Å². The first-order chi connectivity index (χ1) is 15.6. The van der Waals surface area contributed by atoms with Crippen LogP contribution in [0.2, 0.25) is 0 Å². The standard InChI is InChI=1S/C28H54O4/c1-4-6-7-8-9-10-11-12-13-14-15-16-17-20-24-31-27(29)21-18-19-22-28(30)32-25-23-26(3)5-2/h26H,4-25H2,1-3H3. The monoisotopic (exact) mass is 454 g/mol. The van der Waals surface area contributed by atoms with Crippen LogP contribution in [0, 0.1) is 5.92 Å². The third-order valence-electron chi connectivity index (χ3n) is 6.34. The van der Waals surface area contributed by atoms with Crippen molar-refractivity contribution in [2.45, 2.75) is 149 Å². The zero-order valence-electron chi connectivity index (χ0n) is 21.8. The van der Waals surface area contributed by atoms with E-state index in [1.54, 1.807) is 0 Å². The molecule has 0 saturated heterocycles. The van der Waals surface area contributed by atoms with Gasteiger partial charge in [0.25, 0.3) is 0 Å². The van der Waals surface area contributed by atoms with Crippen LogP contribution in [0.3, 0.4) is 0 Å². The second-order valence-electron chi connectivity index (χ2n) is 9.55. The molecule has 1 unspecified atom stereocenters. The SMILES string of the molecule is CCCCCCCCCCCCCCCCOC(=O)CCCCC(=O)OCCC(C)CC. The van der Waals surface area contributed by atoms with Crippen LogP contribution < -0.4 is 0 Å². The third-order valence-corrected chi connectivity index (χ3v) is 6.34. The van der Waals surface area contributed by atoms with Gasteiger partial charge in [0.1, 0.15) is 0 Å². The molecule has 0 spiro atoms. The van der Waals surface area contributed by atoms with E-state index >= 15 is 0 Å². The third kappa shape index (κ3) is 23.6. The van der Waals surface area contributed by atoms with E-state index in [0.717, 1.165) is 25.7 Å². The van der Waals surface area contributed by atoms with Crippen LogP contribution in [0.25, 0.3) is 0 Å². The van der Waals surface area contributed by atoms with Gasteiger partial charge in [0.15, 0.2) is 0 Å². The summed E-state index contributed by atoms with van der Waals surface area (Å²) in [4.78, 5) is 23.4. The van der Waals surface area contributed by atoms with Gasteiger partial charge in [0.2, 0.25) is 0 Å². The largest absolute Gasteiger partial charge is 0.466 e. The summed E-state index contributed by atoms with van der Waals surface area (Å²) in [6.45, 7) is 7.63. The van der Waals surface area contributed by atoms with Crippen LogP contribution in [0.4, 0.5) is 0 Å². The van der Waals surface area contributed by atoms with Crippen molar-refractivity contribution in [1.29, 1.82) is 0 Å². The summed E-state index contributed by atoms with van der Waals surface area (Å²) in [7, 11) is 0. The minimum Gasteiger partial charge on any atom is -0.466 e. The maximum atomic E-state index is 11.8. The molecule has 0 aliphatic rings. The fourth-order valence-electron chi connectivity index (χ4n) is 3.74. The highest BCUT2D eigenvalue weighted by Gasteiger charge is 2.07. The van der Waals surface area contributed by atoms with Crippen molar-refractivity contribution in [1.82, 2.24) is 0 Å². The number of unbranched alkanes of at least 4 members (excludes halogenated alkanes) is 14. The number of carbonyl (C=O) groups is 2. The Labute approximate surface area is 199 Å². The Hall–Kier alpha value is -1.06. The molecule has 0 amide bonds. The molecule has 1 atom stereocenters. The van der Waals surface area contributed by atoms with E-state index in [1.165, 1.54) is 77.0 Å². The minimum absolute atomic E-state index is 0.134. The van der Waals surface area contributed by atoms with Crippen molar-refractivity contribution in [3.63, 3.8) is 0 Å². The summed E-state index contributed by atoms with van der Waals surface area (Å²) in [5.41, 5.74) is 0. The van der Waals surface area contributed by atoms with Gasteiger partial charge in [0.05, 0.1) is 13.2 Å². The molecule has 0 heterocycles. The number of hydrogen-bond donors (Lipinski definition) is 0. The fraction of sp³-hybridized carbons (Fsp3) is 0.929. The molecule has 0 fully saturated rings. The molecule has 0 aromatic heterocycles. The van der Waals surface area contributed by atoms with Crippen molar-refractivity contribution in [3.8, 4) is 0 Å². The van der Waals surface area contributed by atoms with Gasteiger partial charge in [0, 0.05) is 12.8 Å². The summed E-state index contributed by atoms with van der Waals surface area (Å²) in [5, 5.41) is 0. The van der Waals surface area contributed by atoms with Gasteiger partial charge in [-0.1, -0.05) is 111 Å². The summed E-state index contributed by atoms with van der Waals surface area (Å²) in [6.07, 6.45) is 22.8. The Bertz CT molecular complexity index is 422. The van der Waals surface area contributed by atoms with Crippen molar-refractivity contribution in [2.24, 2.45) is 5.92 Å². The number of ether oxygens (including phenoxy) is 2. The number of carbonyl (C=O) groups excluding carboxylic acids is 2. The molecule has 0 N–H and O–H groups in total. The molecule has 0 rings (SSSR count). The zero-order valence-corrected chi connectivity index (χ0v) is 21.8. The van der Waals surface area contributed by atoms with E-state index in [-0.39, 0.29) is 11.9 Å². The van der Waals surface area contributed by atoms with E-state index < -0.39 is 0 Å². The van der Waals surface area contributed by atoms with Crippen molar-refractivity contribution in [3.05, 3.63) is 0 Å². The van der Waals surface area contributed by atoms with Crippen LogP contribution in [0.15, 0.2) is 0 Å². The van der Waals surface area contributed by atoms with Crippen LogP contribution in [0.1, 0.15) is 149 Å². The van der Waals surface area contributed by atoms with E-state index in [0.29, 0.717) is 44.8 Å². The van der Waals surface area contributed by atoms with E-state index in [2.05, 4.69) is 20.8 Å². The molecule has 4 nitrogen and oxygen atoms in total. The number of rotatable bonds is 24. The fourth-order valence-corrected chi connectivity index (χ4v) is 3.74. The van der Waals surface area contributed by atoms with Gasteiger partial charge in [-0.05, 0) is 31.6 Å². The lowest BCUT2D eigenvalue weighted by Crippen LogP contribution is -2.09. The predicted octanol–water partition coefficient (Wildman–Crippen LogP) is 8.55. The molecule has 0 aromatic rings. The molecular formula is C28H54O4. The van der Waals surface area contributed by atoms with E-state index in [9.17, 15) is 9.59 Å². The molecule has 4 heteroatoms. The average molecular weight is 455 g/mol. The molecule has 0 aliphatic carbocycles. The highest BCUT2D eigenvalue weighted by Crippen LogP contribution is 2.13. The van der Waals surface area contributed by atoms with Gasteiger partial charge < -0.3 is 9.47 Å². The number of esters is 2. The lowest BCUT2D eigenvalue weighted by atomic mass is 10.0. The quantitative estimate of drug-likeness (QED) is 0.108. The zero-order chi connectivity index (χ0) is 23.7. The van der Waals surface area contributed by atoms with Crippen LogP contribution in [0.5, 0.6) is 0 Å².